The first-order chi connectivity index (χ1) is 24.4. The van der Waals surface area contributed by atoms with Gasteiger partial charge in [0.25, 0.3) is 20.0 Å². The molecule has 0 aliphatic rings. The third-order valence-corrected chi connectivity index (χ3v) is 12.9. The maximum absolute atomic E-state index is 13.9. The molecule has 0 aliphatic carbocycles. The Balaban J connectivity index is 0.000000203. The van der Waals surface area contributed by atoms with E-state index in [4.69, 9.17) is 11.6 Å². The average Bonchev–Trinajstić information content (AvgIpc) is 3.82. The van der Waals surface area contributed by atoms with Crippen LogP contribution in [0.25, 0.3) is 22.1 Å². The lowest BCUT2D eigenvalue weighted by atomic mass is 10.2. The number of sulfonamides is 2. The number of carbonyl (C=O) groups is 1. The summed E-state index contributed by atoms with van der Waals surface area (Å²) >= 11 is 14.3. The van der Waals surface area contributed by atoms with E-state index in [-0.39, 0.29) is 36.8 Å². The number of hydrogen-bond donors (Lipinski definition) is 3. The molecule has 1 amide bonds. The number of halogens is 7. The number of rotatable bonds is 9. The van der Waals surface area contributed by atoms with Gasteiger partial charge in [-0.3, -0.25) is 14.2 Å². The summed E-state index contributed by atoms with van der Waals surface area (Å²) in [5.74, 6) is -3.76. The van der Waals surface area contributed by atoms with Crippen LogP contribution >= 0.6 is 77.9 Å². The van der Waals surface area contributed by atoms with E-state index in [0.717, 1.165) is 35.2 Å². The van der Waals surface area contributed by atoms with Gasteiger partial charge >= 0.3 is 0 Å². The van der Waals surface area contributed by atoms with Crippen molar-refractivity contribution in [1.29, 1.82) is 0 Å². The second kappa shape index (κ2) is 16.2. The molecule has 3 heterocycles. The predicted octanol–water partition coefficient (Wildman–Crippen LogP) is 8.77. The largest absolute Gasteiger partial charge is 0.326 e. The van der Waals surface area contributed by atoms with Crippen LogP contribution in [0.5, 0.6) is 0 Å². The molecule has 0 spiro atoms. The summed E-state index contributed by atoms with van der Waals surface area (Å²) in [6, 6.07) is 10.9. The van der Waals surface area contributed by atoms with Crippen LogP contribution in [-0.4, -0.2) is 41.5 Å². The second-order valence-corrected chi connectivity index (χ2v) is 17.6. The highest BCUT2D eigenvalue weighted by Gasteiger charge is 2.25. The molecular formula is C28H16Br2ClF4N7O5S5. The van der Waals surface area contributed by atoms with E-state index in [1.165, 1.54) is 18.3 Å². The number of amides is 1. The Labute approximate surface area is 326 Å². The van der Waals surface area contributed by atoms with Gasteiger partial charge in [-0.05, 0) is 91.8 Å². The van der Waals surface area contributed by atoms with Crippen molar-refractivity contribution < 1.29 is 39.2 Å². The maximum atomic E-state index is 13.9. The molecule has 3 aromatic heterocycles. The third kappa shape index (κ3) is 9.50. The van der Waals surface area contributed by atoms with Gasteiger partial charge in [-0.25, -0.2) is 34.4 Å². The number of benzene rings is 3. The van der Waals surface area contributed by atoms with Crippen LogP contribution in [-0.2, 0) is 24.8 Å². The molecule has 3 N–H and O–H groups in total. The van der Waals surface area contributed by atoms with Crippen LogP contribution < -0.4 is 14.8 Å². The van der Waals surface area contributed by atoms with E-state index in [1.807, 2.05) is 0 Å². The SMILES string of the molecule is CC(=O)Nc1ccc(-c2nsc(NS(=O)(=O)c3cc(F)c(Br)cc3F)n2)cc1.O=S(=O)(Nc1nc(-c2sccc2Cl)ns1)c1cc(F)c(Br)cc1F. The highest BCUT2D eigenvalue weighted by Crippen LogP contribution is 2.34. The zero-order valence-corrected chi connectivity index (χ0v) is 33.3. The Kier molecular flexibility index (Phi) is 12.3. The zero-order chi connectivity index (χ0) is 38.0. The van der Waals surface area contributed by atoms with Crippen molar-refractivity contribution in [3.63, 3.8) is 0 Å². The molecule has 24 heteroatoms. The third-order valence-electron chi connectivity index (χ3n) is 6.11. The lowest BCUT2D eigenvalue weighted by Gasteiger charge is -2.07. The van der Waals surface area contributed by atoms with Crippen LogP contribution in [0.15, 0.2) is 78.7 Å². The predicted molar refractivity (Wildman–Crippen MR) is 198 cm³/mol. The summed E-state index contributed by atoms with van der Waals surface area (Å²) in [5, 5.41) is 4.60. The zero-order valence-electron chi connectivity index (χ0n) is 25.3. The molecule has 272 valence electrons. The van der Waals surface area contributed by atoms with Gasteiger partial charge in [-0.2, -0.15) is 18.7 Å². The maximum Gasteiger partial charge on any atom is 0.266 e. The fourth-order valence-corrected chi connectivity index (χ4v) is 9.38. The molecule has 0 atom stereocenters. The number of carbonyl (C=O) groups excluding carboxylic acids is 1. The molecular weight excluding hydrogens is 946 g/mol. The van der Waals surface area contributed by atoms with E-state index in [1.54, 1.807) is 35.7 Å². The van der Waals surface area contributed by atoms with Crippen molar-refractivity contribution in [3.05, 3.63) is 97.2 Å². The Bertz CT molecular complexity index is 2520. The van der Waals surface area contributed by atoms with Crippen LogP contribution in [0.4, 0.5) is 33.5 Å². The Morgan fingerprint density at radius 3 is 1.67 bits per heavy atom. The van der Waals surface area contributed by atoms with E-state index in [0.29, 0.717) is 33.3 Å². The topological polar surface area (TPSA) is 173 Å². The number of thiophene rings is 1. The quantitative estimate of drug-likeness (QED) is 0.0946. The number of anilines is 3. The Hall–Kier alpha value is -3.58. The number of nitrogens with zero attached hydrogens (tertiary/aromatic N) is 4. The fraction of sp³-hybridized carbons (Fsp3) is 0.0357. The molecule has 0 radical (unpaired) electrons. The molecule has 0 bridgehead atoms. The van der Waals surface area contributed by atoms with Crippen molar-refractivity contribution in [2.45, 2.75) is 16.7 Å². The Morgan fingerprint density at radius 2 is 1.21 bits per heavy atom. The van der Waals surface area contributed by atoms with Gasteiger partial charge in [0.1, 0.15) is 33.1 Å². The first-order valence-corrected chi connectivity index (χ1v) is 20.9. The summed E-state index contributed by atoms with van der Waals surface area (Å²) in [6.07, 6.45) is 0. The van der Waals surface area contributed by atoms with Crippen molar-refractivity contribution >= 4 is 120 Å². The minimum atomic E-state index is -4.40. The molecule has 0 unspecified atom stereocenters. The monoisotopic (exact) mass is 959 g/mol. The molecule has 0 aliphatic heterocycles. The lowest BCUT2D eigenvalue weighted by molar-refractivity contribution is -0.114. The van der Waals surface area contributed by atoms with E-state index in [9.17, 15) is 39.2 Å². The highest BCUT2D eigenvalue weighted by atomic mass is 79.9. The van der Waals surface area contributed by atoms with Gasteiger partial charge in [0.15, 0.2) is 11.6 Å². The van der Waals surface area contributed by atoms with Crippen LogP contribution in [0.2, 0.25) is 5.02 Å². The van der Waals surface area contributed by atoms with Gasteiger partial charge in [0, 0.05) is 41.2 Å². The number of aromatic nitrogens is 4. The van der Waals surface area contributed by atoms with Gasteiger partial charge < -0.3 is 5.32 Å². The molecule has 0 saturated heterocycles. The van der Waals surface area contributed by atoms with E-state index < -0.39 is 53.1 Å². The van der Waals surface area contributed by atoms with Gasteiger partial charge in [0.05, 0.1) is 18.8 Å². The van der Waals surface area contributed by atoms with Crippen LogP contribution in [0.1, 0.15) is 6.92 Å². The second-order valence-electron chi connectivity index (χ2n) is 9.81. The number of hydrogen-bond acceptors (Lipinski definition) is 12. The first kappa shape index (κ1) is 39.6. The standard InChI is InChI=1S/C16H11BrF2N4O3S2.C12H5BrClF2N3O2S3/c1-8(24)20-10-4-2-9(3-5-10)15-21-16(27-22-15)23-28(25,26)14-7-12(18)11(17)6-13(14)19;13-5-3-8(16)9(4-7(5)15)24(20,21)19-12-17-11(18-23-12)10-6(14)1-2-22-10/h2-7H,1H3,(H,20,24)(H,21,22,23);1-4H,(H,17,18,19). The first-order valence-electron chi connectivity index (χ1n) is 13.6. The molecule has 0 saturated carbocycles. The minimum absolute atomic E-state index is 0.0859. The summed E-state index contributed by atoms with van der Waals surface area (Å²) < 4.78 is 116. The molecule has 0 fully saturated rings. The molecule has 6 aromatic rings. The Morgan fingerprint density at radius 1 is 0.731 bits per heavy atom. The number of nitrogens with one attached hydrogen (secondary N) is 3. The van der Waals surface area contributed by atoms with Crippen molar-refractivity contribution in [2.24, 2.45) is 0 Å². The van der Waals surface area contributed by atoms with Crippen molar-refractivity contribution in [3.8, 4) is 22.1 Å². The lowest BCUT2D eigenvalue weighted by Crippen LogP contribution is -2.15. The van der Waals surface area contributed by atoms with Gasteiger partial charge in [-0.1, -0.05) is 11.6 Å². The normalized spacial score (nSPS) is 11.5. The van der Waals surface area contributed by atoms with Crippen molar-refractivity contribution in [2.75, 3.05) is 14.8 Å². The minimum Gasteiger partial charge on any atom is -0.326 e. The fourth-order valence-electron chi connectivity index (χ4n) is 3.86. The summed E-state index contributed by atoms with van der Waals surface area (Å²) in [5.41, 5.74) is 1.16. The molecule has 6 rings (SSSR count). The van der Waals surface area contributed by atoms with Crippen LogP contribution in [0.3, 0.4) is 0 Å². The van der Waals surface area contributed by atoms with Crippen LogP contribution in [0, 0.1) is 23.3 Å². The van der Waals surface area contributed by atoms with E-state index >= 15 is 0 Å². The highest BCUT2D eigenvalue weighted by molar-refractivity contribution is 9.10. The van der Waals surface area contributed by atoms with Crippen molar-refractivity contribution in [1.82, 2.24) is 18.7 Å². The summed E-state index contributed by atoms with van der Waals surface area (Å²) in [4.78, 5) is 18.0. The summed E-state index contributed by atoms with van der Waals surface area (Å²) in [7, 11) is -8.75. The average molecular weight is 962 g/mol. The van der Waals surface area contributed by atoms with E-state index in [2.05, 4.69) is 65.3 Å². The summed E-state index contributed by atoms with van der Waals surface area (Å²) in [6.45, 7) is 1.38. The van der Waals surface area contributed by atoms with Gasteiger partial charge in [0.2, 0.25) is 16.2 Å². The van der Waals surface area contributed by atoms with Gasteiger partial charge in [-0.15, -0.1) is 11.3 Å². The molecule has 12 nitrogen and oxygen atoms in total. The smallest absolute Gasteiger partial charge is 0.266 e. The molecule has 52 heavy (non-hydrogen) atoms. The molecule has 3 aromatic carbocycles.